The third kappa shape index (κ3) is 4.82. The van der Waals surface area contributed by atoms with Crippen LogP contribution in [0.25, 0.3) is 11.2 Å². The first-order valence-corrected chi connectivity index (χ1v) is 9.87. The van der Waals surface area contributed by atoms with Crippen LogP contribution in [0, 0.1) is 6.92 Å². The van der Waals surface area contributed by atoms with Gasteiger partial charge in [0.05, 0.1) is 30.5 Å². The summed E-state index contributed by atoms with van der Waals surface area (Å²) < 4.78 is 14.0. The van der Waals surface area contributed by atoms with Gasteiger partial charge in [-0.3, -0.25) is 14.5 Å². The van der Waals surface area contributed by atoms with E-state index in [0.717, 1.165) is 11.1 Å². The van der Waals surface area contributed by atoms with Crippen molar-refractivity contribution in [2.45, 2.75) is 26.4 Å². The molecule has 1 atom stereocenters. The van der Waals surface area contributed by atoms with Crippen molar-refractivity contribution in [2.75, 3.05) is 17.3 Å². The van der Waals surface area contributed by atoms with Crippen LogP contribution in [0.2, 0.25) is 0 Å². The molecule has 0 saturated carbocycles. The van der Waals surface area contributed by atoms with Crippen molar-refractivity contribution in [3.8, 4) is 0 Å². The van der Waals surface area contributed by atoms with E-state index < -0.39 is 6.67 Å². The molecule has 3 aromatic heterocycles. The Labute approximate surface area is 178 Å². The van der Waals surface area contributed by atoms with Crippen LogP contribution in [-0.2, 0) is 6.54 Å². The van der Waals surface area contributed by atoms with Gasteiger partial charge >= 0.3 is 0 Å². The lowest BCUT2D eigenvalue weighted by Gasteiger charge is -2.16. The van der Waals surface area contributed by atoms with Crippen molar-refractivity contribution < 1.29 is 9.18 Å². The van der Waals surface area contributed by atoms with Crippen molar-refractivity contribution >= 4 is 28.6 Å². The molecule has 4 aromatic rings. The Morgan fingerprint density at radius 3 is 2.90 bits per heavy atom. The Kier molecular flexibility index (Phi) is 5.83. The van der Waals surface area contributed by atoms with E-state index in [1.54, 1.807) is 30.9 Å². The molecule has 1 amide bonds. The van der Waals surface area contributed by atoms with Crippen molar-refractivity contribution in [1.29, 1.82) is 0 Å². The van der Waals surface area contributed by atoms with E-state index in [0.29, 0.717) is 28.2 Å². The molecular formula is C22H22FN7O. The molecule has 2 N–H and O–H groups in total. The van der Waals surface area contributed by atoms with E-state index in [-0.39, 0.29) is 18.5 Å². The number of fused-ring (bicyclic) bond motifs is 1. The fourth-order valence-corrected chi connectivity index (χ4v) is 3.19. The average Bonchev–Trinajstić information content (AvgIpc) is 3.16. The summed E-state index contributed by atoms with van der Waals surface area (Å²) in [5.41, 5.74) is 4.15. The summed E-state index contributed by atoms with van der Waals surface area (Å²) in [6.07, 6.45) is 6.54. The Bertz CT molecular complexity index is 1220. The van der Waals surface area contributed by atoms with E-state index in [4.69, 9.17) is 0 Å². The van der Waals surface area contributed by atoms with E-state index >= 15 is 0 Å². The monoisotopic (exact) mass is 419 g/mol. The maximum Gasteiger partial charge on any atom is 0.257 e. The lowest BCUT2D eigenvalue weighted by molar-refractivity contribution is 0.102. The molecule has 0 bridgehead atoms. The zero-order chi connectivity index (χ0) is 21.8. The summed E-state index contributed by atoms with van der Waals surface area (Å²) >= 11 is 0. The number of benzene rings is 1. The quantitative estimate of drug-likeness (QED) is 0.471. The lowest BCUT2D eigenvalue weighted by Crippen LogP contribution is -2.13. The maximum atomic E-state index is 12.5. The van der Waals surface area contributed by atoms with Crippen LogP contribution in [0.5, 0.6) is 0 Å². The number of hydrogen-bond donors (Lipinski definition) is 2. The number of carbonyl (C=O) groups is 1. The number of aryl methyl sites for hydroxylation is 2. The summed E-state index contributed by atoms with van der Waals surface area (Å²) in [6.45, 7) is 3.56. The SMILES string of the molecule is Cc1cncc(C(=O)Nc2cccc([C@H](C)Nc3cnc4cn(CCF)nc4n3)c2)c1. The van der Waals surface area contributed by atoms with Gasteiger partial charge in [0, 0.05) is 18.1 Å². The van der Waals surface area contributed by atoms with E-state index in [9.17, 15) is 9.18 Å². The molecule has 0 saturated heterocycles. The fourth-order valence-electron chi connectivity index (χ4n) is 3.19. The lowest BCUT2D eigenvalue weighted by atomic mass is 10.1. The van der Waals surface area contributed by atoms with Crippen molar-refractivity contribution in [3.63, 3.8) is 0 Å². The van der Waals surface area contributed by atoms with Gasteiger partial charge in [0.25, 0.3) is 5.91 Å². The smallest absolute Gasteiger partial charge is 0.257 e. The van der Waals surface area contributed by atoms with Crippen LogP contribution in [0.3, 0.4) is 0 Å². The van der Waals surface area contributed by atoms with Crippen LogP contribution in [0.4, 0.5) is 15.9 Å². The third-order valence-corrected chi connectivity index (χ3v) is 4.74. The normalized spacial score (nSPS) is 12.0. The summed E-state index contributed by atoms with van der Waals surface area (Å²) in [7, 11) is 0. The summed E-state index contributed by atoms with van der Waals surface area (Å²) in [4.78, 5) is 25.4. The van der Waals surface area contributed by atoms with Crippen LogP contribution >= 0.6 is 0 Å². The molecule has 1 aromatic carbocycles. The number of carbonyl (C=O) groups excluding carboxylic acids is 1. The van der Waals surface area contributed by atoms with E-state index in [1.165, 1.54) is 4.68 Å². The predicted octanol–water partition coefficient (Wildman–Crippen LogP) is 3.92. The van der Waals surface area contributed by atoms with Gasteiger partial charge in [-0.15, -0.1) is 0 Å². The number of rotatable bonds is 7. The molecule has 0 aliphatic rings. The van der Waals surface area contributed by atoms with E-state index in [2.05, 4.69) is 30.7 Å². The van der Waals surface area contributed by atoms with Gasteiger partial charge in [-0.2, -0.15) is 5.10 Å². The van der Waals surface area contributed by atoms with Crippen molar-refractivity contribution in [2.24, 2.45) is 0 Å². The summed E-state index contributed by atoms with van der Waals surface area (Å²) in [6, 6.07) is 9.27. The number of anilines is 2. The molecular weight excluding hydrogens is 397 g/mol. The highest BCUT2D eigenvalue weighted by atomic mass is 19.1. The minimum absolute atomic E-state index is 0.0998. The topological polar surface area (TPSA) is 97.6 Å². The Morgan fingerprint density at radius 1 is 1.23 bits per heavy atom. The average molecular weight is 419 g/mol. The summed E-state index contributed by atoms with van der Waals surface area (Å²) in [5.74, 6) is 0.347. The number of hydrogen-bond acceptors (Lipinski definition) is 6. The first kappa shape index (κ1) is 20.4. The second-order valence-corrected chi connectivity index (χ2v) is 7.24. The van der Waals surface area contributed by atoms with Gasteiger partial charge in [-0.1, -0.05) is 12.1 Å². The Balaban J connectivity index is 1.47. The molecule has 0 aliphatic heterocycles. The van der Waals surface area contributed by atoms with Gasteiger partial charge in [-0.05, 0) is 43.2 Å². The van der Waals surface area contributed by atoms with Gasteiger partial charge < -0.3 is 10.6 Å². The minimum atomic E-state index is -0.497. The number of aromatic nitrogens is 5. The maximum absolute atomic E-state index is 12.5. The third-order valence-electron chi connectivity index (χ3n) is 4.74. The summed E-state index contributed by atoms with van der Waals surface area (Å²) in [5, 5.41) is 10.4. The molecule has 4 rings (SSSR count). The number of pyridine rings is 1. The zero-order valence-corrected chi connectivity index (χ0v) is 17.2. The van der Waals surface area contributed by atoms with Crippen LogP contribution in [0.1, 0.15) is 34.5 Å². The standard InChI is InChI=1S/C22H22FN7O/c1-14-8-17(11-24-10-14)22(31)27-18-5-3-4-16(9-18)15(2)26-20-12-25-19-13-30(7-6-23)29-21(19)28-20/h3-5,8-13,15H,6-7H2,1-2H3,(H,27,31)(H,26,28,29)/t15-/m0/s1. The van der Waals surface area contributed by atoms with E-state index in [1.807, 2.05) is 38.1 Å². The number of halogens is 1. The van der Waals surface area contributed by atoms with Crippen LogP contribution < -0.4 is 10.6 Å². The van der Waals surface area contributed by atoms with Crippen LogP contribution in [-0.4, -0.2) is 37.3 Å². The molecule has 31 heavy (non-hydrogen) atoms. The number of nitrogens with one attached hydrogen (secondary N) is 2. The Hall–Kier alpha value is -3.88. The molecule has 0 fully saturated rings. The van der Waals surface area contributed by atoms with Crippen LogP contribution in [0.15, 0.2) is 55.1 Å². The van der Waals surface area contributed by atoms with Crippen molar-refractivity contribution in [3.05, 3.63) is 71.8 Å². The zero-order valence-electron chi connectivity index (χ0n) is 17.2. The molecule has 8 nitrogen and oxygen atoms in total. The molecule has 0 aliphatic carbocycles. The van der Waals surface area contributed by atoms with Crippen molar-refractivity contribution in [1.82, 2.24) is 24.7 Å². The van der Waals surface area contributed by atoms with Gasteiger partial charge in [0.1, 0.15) is 18.0 Å². The highest BCUT2D eigenvalue weighted by Gasteiger charge is 2.12. The largest absolute Gasteiger partial charge is 0.362 e. The minimum Gasteiger partial charge on any atom is -0.362 e. The first-order chi connectivity index (χ1) is 15.0. The molecule has 0 spiro atoms. The molecule has 0 radical (unpaired) electrons. The highest BCUT2D eigenvalue weighted by Crippen LogP contribution is 2.22. The molecule has 158 valence electrons. The number of alkyl halides is 1. The van der Waals surface area contributed by atoms with Gasteiger partial charge in [-0.25, -0.2) is 14.4 Å². The predicted molar refractivity (Wildman–Crippen MR) is 117 cm³/mol. The van der Waals surface area contributed by atoms with Gasteiger partial charge in [0.15, 0.2) is 0 Å². The molecule has 0 unspecified atom stereocenters. The second kappa shape index (κ2) is 8.86. The first-order valence-electron chi connectivity index (χ1n) is 9.87. The molecule has 9 heteroatoms. The Morgan fingerprint density at radius 2 is 2.10 bits per heavy atom. The molecule has 3 heterocycles. The number of nitrogens with zero attached hydrogens (tertiary/aromatic N) is 5. The second-order valence-electron chi connectivity index (χ2n) is 7.24. The highest BCUT2D eigenvalue weighted by molar-refractivity contribution is 6.04. The fraction of sp³-hybridized carbons (Fsp3) is 0.227. The number of amides is 1. The van der Waals surface area contributed by atoms with Gasteiger partial charge in [0.2, 0.25) is 5.65 Å².